The van der Waals surface area contributed by atoms with Gasteiger partial charge in [-0.2, -0.15) is 0 Å². The molecular formula is C24H23NO5. The number of carboxylic acid groups (broad SMARTS) is 1. The van der Waals surface area contributed by atoms with Gasteiger partial charge in [-0.15, -0.1) is 0 Å². The van der Waals surface area contributed by atoms with Crippen molar-refractivity contribution in [1.82, 2.24) is 4.90 Å². The Labute approximate surface area is 173 Å². The number of hydrogen-bond acceptors (Lipinski definition) is 4. The molecule has 0 saturated heterocycles. The fourth-order valence-corrected chi connectivity index (χ4v) is 4.03. The molecular weight excluding hydrogens is 382 g/mol. The lowest BCUT2D eigenvalue weighted by Gasteiger charge is -2.25. The van der Waals surface area contributed by atoms with E-state index in [4.69, 9.17) is 9.52 Å². The third kappa shape index (κ3) is 3.61. The van der Waals surface area contributed by atoms with Gasteiger partial charge in [0.1, 0.15) is 5.58 Å². The number of amides is 1. The number of carbonyl (C=O) groups is 2. The van der Waals surface area contributed by atoms with E-state index in [0.717, 1.165) is 11.1 Å². The van der Waals surface area contributed by atoms with Crippen molar-refractivity contribution in [2.75, 3.05) is 6.54 Å². The molecule has 6 heteroatoms. The summed E-state index contributed by atoms with van der Waals surface area (Å²) in [7, 11) is 0. The van der Waals surface area contributed by atoms with Crippen molar-refractivity contribution in [3.05, 3.63) is 81.2 Å². The number of benzene rings is 2. The summed E-state index contributed by atoms with van der Waals surface area (Å²) in [5.41, 5.74) is 2.56. The van der Waals surface area contributed by atoms with Gasteiger partial charge in [0.05, 0.1) is 17.0 Å². The Bertz CT molecular complexity index is 1160. The highest BCUT2D eigenvalue weighted by atomic mass is 16.4. The van der Waals surface area contributed by atoms with Crippen molar-refractivity contribution in [2.45, 2.75) is 38.6 Å². The van der Waals surface area contributed by atoms with Crippen molar-refractivity contribution in [3.63, 3.8) is 0 Å². The molecule has 0 bridgehead atoms. The number of aryl methyl sites for hydroxylation is 1. The molecule has 1 aliphatic heterocycles. The molecule has 1 aromatic heterocycles. The lowest BCUT2D eigenvalue weighted by atomic mass is 9.97. The predicted molar refractivity (Wildman–Crippen MR) is 113 cm³/mol. The molecule has 0 unspecified atom stereocenters. The van der Waals surface area contributed by atoms with E-state index in [2.05, 4.69) is 0 Å². The molecule has 154 valence electrons. The van der Waals surface area contributed by atoms with Gasteiger partial charge in [-0.1, -0.05) is 48.4 Å². The number of nitrogens with zero attached hydrogens (tertiary/aromatic N) is 1. The van der Waals surface area contributed by atoms with E-state index >= 15 is 0 Å². The zero-order valence-electron chi connectivity index (χ0n) is 16.8. The summed E-state index contributed by atoms with van der Waals surface area (Å²) in [6, 6.07) is 14.3. The first-order valence-corrected chi connectivity index (χ1v) is 10.1. The normalized spacial score (nSPS) is 15.6. The van der Waals surface area contributed by atoms with Gasteiger partial charge < -0.3 is 14.4 Å². The minimum absolute atomic E-state index is 0.106. The monoisotopic (exact) mass is 405 g/mol. The molecule has 1 atom stereocenters. The number of carboxylic acids is 1. The quantitative estimate of drug-likeness (QED) is 0.593. The summed E-state index contributed by atoms with van der Waals surface area (Å²) in [6.45, 7) is 2.41. The van der Waals surface area contributed by atoms with E-state index < -0.39 is 12.0 Å². The molecule has 1 amide bonds. The van der Waals surface area contributed by atoms with Crippen molar-refractivity contribution in [1.29, 1.82) is 0 Å². The standard InChI is InChI=1S/C24H23NO5/c1-15-10-12-16(13-11-15)21-20-22(28)17-7-4-5-8-18(17)30-23(20)24(29)25(21)14-6-2-3-9-19(26)27/h4-5,7-8,10-13,21H,2-3,6,9,14H2,1H3,(H,26,27)/t21-/m1/s1. The second-order valence-electron chi connectivity index (χ2n) is 7.69. The van der Waals surface area contributed by atoms with Gasteiger partial charge in [0.2, 0.25) is 5.76 Å². The first-order chi connectivity index (χ1) is 14.5. The first-order valence-electron chi connectivity index (χ1n) is 10.1. The van der Waals surface area contributed by atoms with Gasteiger partial charge in [0.25, 0.3) is 5.91 Å². The van der Waals surface area contributed by atoms with Crippen LogP contribution in [0.5, 0.6) is 0 Å². The van der Waals surface area contributed by atoms with Crippen LogP contribution in [0.4, 0.5) is 0 Å². The molecule has 2 heterocycles. The van der Waals surface area contributed by atoms with Gasteiger partial charge in [-0.05, 0) is 37.5 Å². The third-order valence-corrected chi connectivity index (χ3v) is 5.56. The molecule has 0 aliphatic carbocycles. The molecule has 1 N–H and O–H groups in total. The van der Waals surface area contributed by atoms with Gasteiger partial charge in [-0.25, -0.2) is 0 Å². The summed E-state index contributed by atoms with van der Waals surface area (Å²) in [5, 5.41) is 9.27. The molecule has 0 spiro atoms. The Morgan fingerprint density at radius 2 is 1.77 bits per heavy atom. The van der Waals surface area contributed by atoms with Crippen LogP contribution in [0.1, 0.15) is 59.0 Å². The van der Waals surface area contributed by atoms with Gasteiger partial charge in [-0.3, -0.25) is 14.4 Å². The van der Waals surface area contributed by atoms with Crippen molar-refractivity contribution < 1.29 is 19.1 Å². The van der Waals surface area contributed by atoms with Gasteiger partial charge in [0.15, 0.2) is 5.43 Å². The van der Waals surface area contributed by atoms with Gasteiger partial charge >= 0.3 is 5.97 Å². The molecule has 4 rings (SSSR count). The number of fused-ring (bicyclic) bond motifs is 2. The topological polar surface area (TPSA) is 87.8 Å². The SMILES string of the molecule is Cc1ccc([C@@H]2c3c(oc4ccccc4c3=O)C(=O)N2CCCCCC(=O)O)cc1. The summed E-state index contributed by atoms with van der Waals surface area (Å²) < 4.78 is 5.89. The summed E-state index contributed by atoms with van der Waals surface area (Å²) in [5.74, 6) is -1.01. The highest BCUT2D eigenvalue weighted by molar-refractivity contribution is 5.99. The Morgan fingerprint density at radius 3 is 2.50 bits per heavy atom. The zero-order valence-corrected chi connectivity index (χ0v) is 16.8. The Morgan fingerprint density at radius 1 is 1.03 bits per heavy atom. The molecule has 30 heavy (non-hydrogen) atoms. The molecule has 0 radical (unpaired) electrons. The van der Waals surface area contributed by atoms with E-state index in [9.17, 15) is 14.4 Å². The minimum atomic E-state index is -0.821. The van der Waals surface area contributed by atoms with Crippen LogP contribution in [0.15, 0.2) is 57.7 Å². The third-order valence-electron chi connectivity index (χ3n) is 5.56. The minimum Gasteiger partial charge on any atom is -0.481 e. The van der Waals surface area contributed by atoms with Crippen molar-refractivity contribution in [3.8, 4) is 0 Å². The summed E-state index contributed by atoms with van der Waals surface area (Å²) >= 11 is 0. The first kappa shape index (κ1) is 19.9. The Balaban J connectivity index is 1.73. The van der Waals surface area contributed by atoms with Crippen LogP contribution in [0.2, 0.25) is 0 Å². The van der Waals surface area contributed by atoms with E-state index in [1.165, 1.54) is 0 Å². The molecule has 6 nitrogen and oxygen atoms in total. The highest BCUT2D eigenvalue weighted by Crippen LogP contribution is 2.38. The zero-order chi connectivity index (χ0) is 21.3. The summed E-state index contributed by atoms with van der Waals surface area (Å²) in [4.78, 5) is 38.9. The second-order valence-corrected chi connectivity index (χ2v) is 7.69. The average Bonchev–Trinajstić information content (AvgIpc) is 3.01. The van der Waals surface area contributed by atoms with Crippen LogP contribution in [0.25, 0.3) is 11.0 Å². The van der Waals surface area contributed by atoms with Crippen molar-refractivity contribution >= 4 is 22.8 Å². The van der Waals surface area contributed by atoms with E-state index in [1.807, 2.05) is 31.2 Å². The smallest absolute Gasteiger partial charge is 0.303 e. The fraction of sp³-hybridized carbons (Fsp3) is 0.292. The molecule has 0 fully saturated rings. The highest BCUT2D eigenvalue weighted by Gasteiger charge is 2.42. The lowest BCUT2D eigenvalue weighted by Crippen LogP contribution is -2.30. The average molecular weight is 405 g/mol. The van der Waals surface area contributed by atoms with Crippen LogP contribution in [0, 0.1) is 6.92 Å². The predicted octanol–water partition coefficient (Wildman–Crippen LogP) is 4.29. The Hall–Kier alpha value is -3.41. The van der Waals surface area contributed by atoms with E-state index in [-0.39, 0.29) is 23.5 Å². The maximum Gasteiger partial charge on any atom is 0.303 e. The fourth-order valence-electron chi connectivity index (χ4n) is 4.03. The second kappa shape index (κ2) is 8.14. The molecule has 1 aliphatic rings. The molecule has 3 aromatic rings. The van der Waals surface area contributed by atoms with Crippen LogP contribution < -0.4 is 5.43 Å². The summed E-state index contributed by atoms with van der Waals surface area (Å²) in [6.07, 6.45) is 2.01. The number of rotatable bonds is 7. The number of carbonyl (C=O) groups excluding carboxylic acids is 1. The maximum absolute atomic E-state index is 13.3. The van der Waals surface area contributed by atoms with Crippen molar-refractivity contribution in [2.24, 2.45) is 0 Å². The largest absolute Gasteiger partial charge is 0.481 e. The van der Waals surface area contributed by atoms with E-state index in [1.54, 1.807) is 29.2 Å². The maximum atomic E-state index is 13.3. The lowest BCUT2D eigenvalue weighted by molar-refractivity contribution is -0.137. The van der Waals surface area contributed by atoms with Crippen LogP contribution in [-0.4, -0.2) is 28.4 Å². The number of aliphatic carboxylic acids is 1. The number of para-hydroxylation sites is 1. The Kier molecular flexibility index (Phi) is 5.40. The molecule has 2 aromatic carbocycles. The number of hydrogen-bond donors (Lipinski definition) is 1. The number of unbranched alkanes of at least 4 members (excludes halogenated alkanes) is 2. The van der Waals surface area contributed by atoms with Crippen LogP contribution >= 0.6 is 0 Å². The van der Waals surface area contributed by atoms with Gasteiger partial charge in [0, 0.05) is 13.0 Å². The molecule has 0 saturated carbocycles. The van der Waals surface area contributed by atoms with E-state index in [0.29, 0.717) is 42.3 Å². The van der Waals surface area contributed by atoms with Crippen LogP contribution in [0.3, 0.4) is 0 Å². The van der Waals surface area contributed by atoms with Crippen LogP contribution in [-0.2, 0) is 4.79 Å².